The van der Waals surface area contributed by atoms with Crippen molar-refractivity contribution in [1.29, 1.82) is 0 Å². The van der Waals surface area contributed by atoms with Crippen LogP contribution in [0, 0.1) is 11.6 Å². The first-order valence-electron chi connectivity index (χ1n) is 6.93. The number of anilines is 1. The lowest BCUT2D eigenvalue weighted by Crippen LogP contribution is -2.09. The maximum atomic E-state index is 13.8. The van der Waals surface area contributed by atoms with Crippen LogP contribution >= 0.6 is 11.9 Å². The van der Waals surface area contributed by atoms with Crippen LogP contribution in [-0.4, -0.2) is 9.97 Å². The first-order valence-corrected chi connectivity index (χ1v) is 7.75. The Kier molecular flexibility index (Phi) is 4.67. The fourth-order valence-electron chi connectivity index (χ4n) is 2.06. The molecular formula is C16H10F5N3S. The molecule has 0 atom stereocenters. The topological polar surface area (TPSA) is 40.7 Å². The van der Waals surface area contributed by atoms with Crippen LogP contribution in [0.1, 0.15) is 5.56 Å². The number of benzene rings is 1. The van der Waals surface area contributed by atoms with Gasteiger partial charge in [0.1, 0.15) is 11.6 Å². The lowest BCUT2D eigenvalue weighted by molar-refractivity contribution is -0.140. The molecular weight excluding hydrogens is 361 g/mol. The lowest BCUT2D eigenvalue weighted by atomic mass is 10.2. The van der Waals surface area contributed by atoms with Gasteiger partial charge in [0.25, 0.3) is 0 Å². The number of aromatic amines is 1. The molecule has 2 aromatic heterocycles. The van der Waals surface area contributed by atoms with Crippen molar-refractivity contribution in [3.8, 4) is 11.4 Å². The van der Waals surface area contributed by atoms with Crippen LogP contribution in [0.3, 0.4) is 0 Å². The summed E-state index contributed by atoms with van der Waals surface area (Å²) in [7, 11) is 0. The summed E-state index contributed by atoms with van der Waals surface area (Å²) in [6.45, 7) is 0. The van der Waals surface area contributed by atoms with Crippen molar-refractivity contribution in [1.82, 2.24) is 9.97 Å². The van der Waals surface area contributed by atoms with Gasteiger partial charge in [-0.25, -0.2) is 8.78 Å². The predicted molar refractivity (Wildman–Crippen MR) is 84.9 cm³/mol. The molecule has 2 N–H and O–H groups in total. The second-order valence-electron chi connectivity index (χ2n) is 4.98. The number of halogens is 5. The number of nitrogens with zero attached hydrogens (tertiary/aromatic N) is 1. The highest BCUT2D eigenvalue weighted by molar-refractivity contribution is 8.00. The molecule has 0 spiro atoms. The van der Waals surface area contributed by atoms with Gasteiger partial charge in [-0.1, -0.05) is 6.07 Å². The summed E-state index contributed by atoms with van der Waals surface area (Å²) in [5.41, 5.74) is -0.610. The van der Waals surface area contributed by atoms with Crippen LogP contribution in [0.4, 0.5) is 27.6 Å². The molecule has 2 heterocycles. The van der Waals surface area contributed by atoms with E-state index in [0.717, 1.165) is 11.9 Å². The number of nitrogens with one attached hydrogen (secondary N) is 2. The number of pyridine rings is 1. The van der Waals surface area contributed by atoms with Gasteiger partial charge in [-0.2, -0.15) is 13.2 Å². The van der Waals surface area contributed by atoms with Gasteiger partial charge < -0.3 is 9.71 Å². The zero-order chi connectivity index (χ0) is 18.0. The van der Waals surface area contributed by atoms with Crippen LogP contribution in [0.5, 0.6) is 0 Å². The molecule has 0 aliphatic heterocycles. The fraction of sp³-hybridized carbons (Fsp3) is 0.0625. The van der Waals surface area contributed by atoms with E-state index < -0.39 is 23.4 Å². The molecule has 0 fully saturated rings. The Bertz CT molecular complexity index is 877. The van der Waals surface area contributed by atoms with E-state index in [4.69, 9.17) is 0 Å². The largest absolute Gasteiger partial charge is 0.419 e. The molecule has 0 amide bonds. The van der Waals surface area contributed by atoms with Gasteiger partial charge >= 0.3 is 6.18 Å². The van der Waals surface area contributed by atoms with E-state index >= 15 is 0 Å². The lowest BCUT2D eigenvalue weighted by Gasteiger charge is -2.11. The van der Waals surface area contributed by atoms with Gasteiger partial charge in [0.2, 0.25) is 0 Å². The molecule has 25 heavy (non-hydrogen) atoms. The van der Waals surface area contributed by atoms with Crippen molar-refractivity contribution < 1.29 is 22.0 Å². The standard InChI is InChI=1S/C16H10F5N3S/c17-11-7-14(12(18)6-10(11)16(19,20)21)24-25-9-5-15(23-8-9)13-3-1-2-4-22-13/h1-8,23-24H. The highest BCUT2D eigenvalue weighted by Gasteiger charge is 2.35. The van der Waals surface area contributed by atoms with E-state index in [2.05, 4.69) is 14.7 Å². The average Bonchev–Trinajstić information content (AvgIpc) is 3.04. The Morgan fingerprint density at radius 2 is 1.84 bits per heavy atom. The third-order valence-electron chi connectivity index (χ3n) is 3.24. The smallest absolute Gasteiger partial charge is 0.359 e. The molecule has 0 radical (unpaired) electrons. The third-order valence-corrected chi connectivity index (χ3v) is 4.03. The van der Waals surface area contributed by atoms with Crippen LogP contribution in [0.2, 0.25) is 0 Å². The van der Waals surface area contributed by atoms with Gasteiger partial charge in [0.15, 0.2) is 0 Å². The van der Waals surface area contributed by atoms with Crippen molar-refractivity contribution in [2.24, 2.45) is 0 Å². The molecule has 3 nitrogen and oxygen atoms in total. The summed E-state index contributed by atoms with van der Waals surface area (Å²) in [6, 6.07) is 7.71. The Morgan fingerprint density at radius 1 is 1.04 bits per heavy atom. The van der Waals surface area contributed by atoms with Crippen LogP contribution < -0.4 is 4.72 Å². The van der Waals surface area contributed by atoms with E-state index in [1.807, 2.05) is 6.07 Å². The van der Waals surface area contributed by atoms with Crippen molar-refractivity contribution in [2.45, 2.75) is 11.1 Å². The van der Waals surface area contributed by atoms with Crippen molar-refractivity contribution in [3.05, 3.63) is 66.0 Å². The maximum Gasteiger partial charge on any atom is 0.419 e. The molecule has 1 aromatic carbocycles. The van der Waals surface area contributed by atoms with Crippen LogP contribution in [-0.2, 0) is 6.18 Å². The Balaban J connectivity index is 1.74. The highest BCUT2D eigenvalue weighted by Crippen LogP contribution is 2.35. The number of H-pyrrole nitrogens is 1. The molecule has 130 valence electrons. The number of rotatable bonds is 4. The summed E-state index contributed by atoms with van der Waals surface area (Å²) in [4.78, 5) is 7.76. The second kappa shape index (κ2) is 6.75. The zero-order valence-corrected chi connectivity index (χ0v) is 13.2. The molecule has 3 aromatic rings. The minimum absolute atomic E-state index is 0.134. The summed E-state index contributed by atoms with van der Waals surface area (Å²) < 4.78 is 67.4. The van der Waals surface area contributed by atoms with E-state index in [9.17, 15) is 22.0 Å². The summed E-state index contributed by atoms with van der Waals surface area (Å²) in [5, 5.41) is 0. The quantitative estimate of drug-likeness (QED) is 0.470. The zero-order valence-electron chi connectivity index (χ0n) is 12.4. The summed E-state index contributed by atoms with van der Waals surface area (Å²) in [6.07, 6.45) is -1.71. The van der Waals surface area contributed by atoms with Gasteiger partial charge in [0, 0.05) is 23.4 Å². The van der Waals surface area contributed by atoms with E-state index in [1.54, 1.807) is 30.6 Å². The Morgan fingerprint density at radius 3 is 2.52 bits per heavy atom. The molecule has 9 heteroatoms. The van der Waals surface area contributed by atoms with Crippen LogP contribution in [0.15, 0.2) is 53.7 Å². The molecule has 0 saturated heterocycles. The molecule has 0 aliphatic rings. The average molecular weight is 371 g/mol. The van der Waals surface area contributed by atoms with Crippen LogP contribution in [0.25, 0.3) is 11.4 Å². The molecule has 0 unspecified atom stereocenters. The number of aromatic nitrogens is 2. The van der Waals surface area contributed by atoms with E-state index in [-0.39, 0.29) is 11.8 Å². The van der Waals surface area contributed by atoms with Crippen molar-refractivity contribution in [3.63, 3.8) is 0 Å². The monoisotopic (exact) mass is 371 g/mol. The normalized spacial score (nSPS) is 11.6. The maximum absolute atomic E-state index is 13.8. The van der Waals surface area contributed by atoms with Gasteiger partial charge in [-0.15, -0.1) is 0 Å². The first-order chi connectivity index (χ1) is 11.8. The Labute approximate surface area is 143 Å². The SMILES string of the molecule is Fc1cc(C(F)(F)F)c(F)cc1NSc1c[nH]c(-c2ccccn2)c1. The second-order valence-corrected chi connectivity index (χ2v) is 5.86. The fourth-order valence-corrected chi connectivity index (χ4v) is 2.74. The highest BCUT2D eigenvalue weighted by atomic mass is 32.2. The van der Waals surface area contributed by atoms with Gasteiger partial charge in [0.05, 0.1) is 22.6 Å². The van der Waals surface area contributed by atoms with Crippen molar-refractivity contribution >= 4 is 17.6 Å². The Hall–Kier alpha value is -2.55. The van der Waals surface area contributed by atoms with Crippen molar-refractivity contribution in [2.75, 3.05) is 4.72 Å². The molecule has 0 saturated carbocycles. The summed E-state index contributed by atoms with van der Waals surface area (Å²) >= 11 is 0.928. The number of hydrogen-bond acceptors (Lipinski definition) is 3. The minimum Gasteiger partial charge on any atom is -0.359 e. The summed E-state index contributed by atoms with van der Waals surface area (Å²) in [5.74, 6) is -2.73. The molecule has 0 aliphatic carbocycles. The van der Waals surface area contributed by atoms with E-state index in [1.165, 1.54) is 0 Å². The number of hydrogen-bond donors (Lipinski definition) is 2. The third kappa shape index (κ3) is 3.93. The van der Waals surface area contributed by atoms with Gasteiger partial charge in [-0.3, -0.25) is 4.98 Å². The molecule has 0 bridgehead atoms. The number of alkyl halides is 3. The first kappa shape index (κ1) is 17.3. The van der Waals surface area contributed by atoms with E-state index in [0.29, 0.717) is 22.3 Å². The predicted octanol–water partition coefficient (Wildman–Crippen LogP) is 5.49. The molecule has 3 rings (SSSR count). The van der Waals surface area contributed by atoms with Gasteiger partial charge in [-0.05, 0) is 36.2 Å². The minimum atomic E-state index is -4.95.